The van der Waals surface area contributed by atoms with Crippen LogP contribution in [0.2, 0.25) is 0 Å². The molecule has 0 atom stereocenters. The zero-order chi connectivity index (χ0) is 30.9. The van der Waals surface area contributed by atoms with Crippen LogP contribution in [0.1, 0.15) is 84.1 Å². The minimum atomic E-state index is -3.54. The SMILES string of the molecule is CC(C)OC(=O)N[C@H]1CC[C@H](c2ncc(-c3ccc(Nc4cnn(C(=O)OC(C)(C)C)c4)cc3S(=O)(=O)C3CC3)s2)CC1. The molecule has 2 heterocycles. The van der Waals surface area contributed by atoms with E-state index in [1.807, 2.05) is 26.0 Å². The summed E-state index contributed by atoms with van der Waals surface area (Å²) >= 11 is 1.53. The van der Waals surface area contributed by atoms with Crippen molar-refractivity contribution in [2.75, 3.05) is 5.32 Å². The van der Waals surface area contributed by atoms with E-state index < -0.39 is 21.5 Å². The highest BCUT2D eigenvalue weighted by atomic mass is 32.2. The maximum Gasteiger partial charge on any atom is 0.435 e. The number of hydrogen-bond donors (Lipinski definition) is 2. The van der Waals surface area contributed by atoms with E-state index in [2.05, 4.69) is 15.7 Å². The Balaban J connectivity index is 1.32. The molecule has 232 valence electrons. The standard InChI is InChI=1S/C30H39N5O6S2/c1-18(2)40-28(36)34-20-8-6-19(7-9-20)27-31-16-25(42-27)24-13-10-21(14-26(24)43(38,39)23-11-12-23)33-22-15-32-35(17-22)29(37)41-30(3,4)5/h10,13-20,23,33H,6-9,11-12H2,1-5H3,(H,34,36)/t19-,20-. The van der Waals surface area contributed by atoms with Crippen LogP contribution in [0.15, 0.2) is 41.7 Å². The summed E-state index contributed by atoms with van der Waals surface area (Å²) in [4.78, 5) is 30.1. The second-order valence-corrected chi connectivity index (χ2v) is 15.7. The summed E-state index contributed by atoms with van der Waals surface area (Å²) in [5.41, 5.74) is 1.07. The van der Waals surface area contributed by atoms with Gasteiger partial charge >= 0.3 is 12.2 Å². The normalized spacial score (nSPS) is 19.2. The second-order valence-electron chi connectivity index (χ2n) is 12.4. The van der Waals surface area contributed by atoms with Gasteiger partial charge in [0.05, 0.1) is 44.2 Å². The summed E-state index contributed by atoms with van der Waals surface area (Å²) in [6.07, 6.45) is 8.34. The van der Waals surface area contributed by atoms with Crippen molar-refractivity contribution < 1.29 is 27.5 Å². The first-order valence-electron chi connectivity index (χ1n) is 14.6. The van der Waals surface area contributed by atoms with Gasteiger partial charge in [0.2, 0.25) is 0 Å². The van der Waals surface area contributed by atoms with Crippen molar-refractivity contribution in [1.82, 2.24) is 20.1 Å². The van der Waals surface area contributed by atoms with Crippen LogP contribution in [0.25, 0.3) is 10.4 Å². The fraction of sp³-hybridized carbons (Fsp3) is 0.533. The molecule has 1 aromatic carbocycles. The van der Waals surface area contributed by atoms with Gasteiger partial charge in [-0.3, -0.25) is 0 Å². The maximum atomic E-state index is 13.6. The van der Waals surface area contributed by atoms with Crippen molar-refractivity contribution in [3.8, 4) is 10.4 Å². The molecular weight excluding hydrogens is 590 g/mol. The highest BCUT2D eigenvalue weighted by molar-refractivity contribution is 7.92. The molecule has 0 aliphatic heterocycles. The molecule has 0 radical (unpaired) electrons. The van der Waals surface area contributed by atoms with Gasteiger partial charge in [0.15, 0.2) is 9.84 Å². The number of rotatable bonds is 8. The van der Waals surface area contributed by atoms with Crippen molar-refractivity contribution in [1.29, 1.82) is 0 Å². The van der Waals surface area contributed by atoms with E-state index in [1.165, 1.54) is 23.7 Å². The molecular formula is C30H39N5O6S2. The summed E-state index contributed by atoms with van der Waals surface area (Å²) in [5.74, 6) is 0.254. The van der Waals surface area contributed by atoms with Crippen molar-refractivity contribution in [3.05, 3.63) is 41.8 Å². The molecule has 2 aliphatic carbocycles. The highest BCUT2D eigenvalue weighted by Crippen LogP contribution is 2.43. The van der Waals surface area contributed by atoms with Gasteiger partial charge in [0.1, 0.15) is 5.60 Å². The van der Waals surface area contributed by atoms with E-state index in [-0.39, 0.29) is 34.3 Å². The van der Waals surface area contributed by atoms with Crippen LogP contribution >= 0.6 is 11.3 Å². The number of thiazole rings is 1. The van der Waals surface area contributed by atoms with Crippen LogP contribution in [-0.2, 0) is 19.3 Å². The van der Waals surface area contributed by atoms with Crippen molar-refractivity contribution in [3.63, 3.8) is 0 Å². The molecule has 2 aromatic heterocycles. The molecule has 3 aromatic rings. The van der Waals surface area contributed by atoms with Crippen LogP contribution in [0.3, 0.4) is 0 Å². The minimum absolute atomic E-state index is 0.0773. The lowest BCUT2D eigenvalue weighted by Gasteiger charge is -2.28. The molecule has 13 heteroatoms. The van der Waals surface area contributed by atoms with Gasteiger partial charge in [-0.25, -0.2) is 23.0 Å². The first kappa shape index (κ1) is 31.0. The van der Waals surface area contributed by atoms with E-state index in [4.69, 9.17) is 14.5 Å². The number of ether oxygens (including phenoxy) is 2. The fourth-order valence-corrected chi connectivity index (χ4v) is 8.14. The van der Waals surface area contributed by atoms with Gasteiger partial charge in [-0.1, -0.05) is 6.07 Å². The number of sulfone groups is 1. The molecule has 1 amide bonds. The van der Waals surface area contributed by atoms with Crippen molar-refractivity contribution >= 4 is 44.7 Å². The van der Waals surface area contributed by atoms with Crippen LogP contribution in [0.5, 0.6) is 0 Å². The number of aromatic nitrogens is 3. The smallest absolute Gasteiger partial charge is 0.435 e. The predicted molar refractivity (Wildman–Crippen MR) is 165 cm³/mol. The lowest BCUT2D eigenvalue weighted by Crippen LogP contribution is -2.38. The molecule has 0 spiro atoms. The van der Waals surface area contributed by atoms with Gasteiger partial charge in [-0.15, -0.1) is 11.3 Å². The lowest BCUT2D eigenvalue weighted by atomic mass is 9.86. The molecule has 0 unspecified atom stereocenters. The van der Waals surface area contributed by atoms with Crippen LogP contribution in [-0.4, -0.2) is 58.4 Å². The second kappa shape index (κ2) is 12.3. The van der Waals surface area contributed by atoms with Gasteiger partial charge in [0, 0.05) is 29.4 Å². The highest BCUT2D eigenvalue weighted by Gasteiger charge is 2.39. The van der Waals surface area contributed by atoms with Gasteiger partial charge in [-0.05, 0) is 85.3 Å². The molecule has 0 bridgehead atoms. The van der Waals surface area contributed by atoms with Gasteiger partial charge < -0.3 is 20.1 Å². The number of carbonyl (C=O) groups excluding carboxylic acids is 2. The summed E-state index contributed by atoms with van der Waals surface area (Å²) in [5, 5.41) is 10.8. The zero-order valence-corrected chi connectivity index (χ0v) is 26.8. The van der Waals surface area contributed by atoms with Crippen LogP contribution in [0, 0.1) is 0 Å². The molecule has 43 heavy (non-hydrogen) atoms. The number of nitrogens with zero attached hydrogens (tertiary/aromatic N) is 3. The Bertz CT molecular complexity index is 1580. The molecule has 11 nitrogen and oxygen atoms in total. The zero-order valence-electron chi connectivity index (χ0n) is 25.1. The fourth-order valence-electron chi connectivity index (χ4n) is 5.06. The van der Waals surface area contributed by atoms with E-state index in [0.29, 0.717) is 29.8 Å². The molecule has 2 saturated carbocycles. The van der Waals surface area contributed by atoms with E-state index in [1.54, 1.807) is 33.0 Å². The quantitative estimate of drug-likeness (QED) is 0.281. The Morgan fingerprint density at radius 3 is 2.42 bits per heavy atom. The number of benzene rings is 1. The van der Waals surface area contributed by atoms with E-state index >= 15 is 0 Å². The Morgan fingerprint density at radius 2 is 1.77 bits per heavy atom. The summed E-state index contributed by atoms with van der Waals surface area (Å²) in [6.45, 7) is 8.98. The average molecular weight is 630 g/mol. The van der Waals surface area contributed by atoms with Crippen LogP contribution < -0.4 is 10.6 Å². The largest absolute Gasteiger partial charge is 0.447 e. The summed E-state index contributed by atoms with van der Waals surface area (Å²) in [7, 11) is -3.54. The summed E-state index contributed by atoms with van der Waals surface area (Å²) < 4.78 is 38.8. The first-order chi connectivity index (χ1) is 20.3. The number of carbonyl (C=O) groups is 2. The number of nitrogens with one attached hydrogen (secondary N) is 2. The Hall–Kier alpha value is -3.45. The predicted octanol–water partition coefficient (Wildman–Crippen LogP) is 6.63. The lowest BCUT2D eigenvalue weighted by molar-refractivity contribution is 0.0514. The Morgan fingerprint density at radius 1 is 1.05 bits per heavy atom. The first-order valence-corrected chi connectivity index (χ1v) is 17.0. The third-order valence-electron chi connectivity index (χ3n) is 7.23. The molecule has 2 fully saturated rings. The third-order valence-corrected chi connectivity index (χ3v) is 10.7. The van der Waals surface area contributed by atoms with Gasteiger partial charge in [0.25, 0.3) is 0 Å². The number of amides is 1. The van der Waals surface area contributed by atoms with E-state index in [9.17, 15) is 18.0 Å². The Labute approximate surface area is 256 Å². The minimum Gasteiger partial charge on any atom is -0.447 e. The van der Waals surface area contributed by atoms with Crippen LogP contribution in [0.4, 0.5) is 21.0 Å². The molecule has 5 rings (SSSR count). The van der Waals surface area contributed by atoms with Gasteiger partial charge in [-0.2, -0.15) is 9.78 Å². The maximum absolute atomic E-state index is 13.6. The van der Waals surface area contributed by atoms with Crippen molar-refractivity contribution in [2.45, 2.75) is 107 Å². The Kier molecular flexibility index (Phi) is 8.85. The van der Waals surface area contributed by atoms with Crippen molar-refractivity contribution in [2.24, 2.45) is 0 Å². The monoisotopic (exact) mass is 629 g/mol. The molecule has 2 N–H and O–H groups in total. The topological polar surface area (TPSA) is 142 Å². The number of anilines is 2. The number of alkyl carbamates (subject to hydrolysis) is 1. The molecule has 2 aliphatic rings. The van der Waals surface area contributed by atoms with E-state index in [0.717, 1.165) is 40.2 Å². The third kappa shape index (κ3) is 7.74. The molecule has 0 saturated heterocycles. The number of hydrogen-bond acceptors (Lipinski definition) is 10. The summed E-state index contributed by atoms with van der Waals surface area (Å²) in [6, 6.07) is 5.36. The average Bonchev–Trinajstić information content (AvgIpc) is 3.50.